The Labute approximate surface area is 107 Å². The van der Waals surface area contributed by atoms with Crippen LogP contribution >= 0.6 is 12.2 Å². The zero-order chi connectivity index (χ0) is 13.5. The Morgan fingerprint density at radius 1 is 1.44 bits per heavy atom. The first-order valence-electron chi connectivity index (χ1n) is 4.83. The van der Waals surface area contributed by atoms with Crippen LogP contribution < -0.4 is 15.8 Å². The fourth-order valence-electron chi connectivity index (χ4n) is 1.62. The Bertz CT molecular complexity index is 653. The third-order valence-electron chi connectivity index (χ3n) is 2.47. The maximum atomic E-state index is 11.7. The second kappa shape index (κ2) is 4.26. The quantitative estimate of drug-likeness (QED) is 0.562. The van der Waals surface area contributed by atoms with Gasteiger partial charge in [0.15, 0.2) is 0 Å². The van der Waals surface area contributed by atoms with Crippen molar-refractivity contribution >= 4 is 40.0 Å². The summed E-state index contributed by atoms with van der Waals surface area (Å²) < 4.78 is 22.4. The summed E-state index contributed by atoms with van der Waals surface area (Å²) in [4.78, 5) is 22.9. The number of nitrogens with two attached hydrogens (primary N) is 2. The van der Waals surface area contributed by atoms with E-state index in [2.05, 4.69) is 15.0 Å². The van der Waals surface area contributed by atoms with Gasteiger partial charge in [-0.25, -0.2) is 13.6 Å². The van der Waals surface area contributed by atoms with Crippen molar-refractivity contribution in [3.8, 4) is 0 Å². The van der Waals surface area contributed by atoms with E-state index >= 15 is 0 Å². The van der Waals surface area contributed by atoms with Crippen LogP contribution in [0.3, 0.4) is 0 Å². The highest BCUT2D eigenvalue weighted by atomic mass is 32.2. The summed E-state index contributed by atoms with van der Waals surface area (Å²) in [6.07, 6.45) is -0.191. The highest BCUT2D eigenvalue weighted by Crippen LogP contribution is 2.21. The standard InChI is InChI=1S/C7H10N6O3S2/c8-5-10-6(12-7(17)11-5)13-2-3(1-4(13)14)18(9,15)16/h3H,1-2H2,(H2,9,15,16)(H3,8,10,11,12,17). The fourth-order valence-corrected chi connectivity index (χ4v) is 2.53. The van der Waals surface area contributed by atoms with E-state index in [-0.39, 0.29) is 29.6 Å². The average Bonchev–Trinajstić information content (AvgIpc) is 2.58. The molecule has 2 heterocycles. The van der Waals surface area contributed by atoms with E-state index in [1.807, 2.05) is 0 Å². The normalized spacial score (nSPS) is 20.4. The van der Waals surface area contributed by atoms with E-state index in [9.17, 15) is 13.2 Å². The first-order chi connectivity index (χ1) is 8.27. The molecule has 1 aromatic heterocycles. The molecule has 18 heavy (non-hydrogen) atoms. The number of anilines is 2. The van der Waals surface area contributed by atoms with E-state index in [4.69, 9.17) is 23.1 Å². The minimum Gasteiger partial charge on any atom is -0.369 e. The van der Waals surface area contributed by atoms with Crippen molar-refractivity contribution in [1.82, 2.24) is 15.0 Å². The average molecular weight is 290 g/mol. The number of nitrogens with zero attached hydrogens (tertiary/aromatic N) is 3. The number of carbonyl (C=O) groups excluding carboxylic acids is 1. The van der Waals surface area contributed by atoms with Gasteiger partial charge in [0, 0.05) is 13.0 Å². The molecular weight excluding hydrogens is 280 g/mol. The van der Waals surface area contributed by atoms with E-state index in [0.29, 0.717) is 0 Å². The number of amides is 1. The minimum atomic E-state index is -3.77. The number of nitrogen functional groups attached to an aromatic ring is 1. The SMILES string of the molecule is Nc1nc(=S)nc(N2CC(S(N)(=O)=O)CC2=O)[nH]1. The molecule has 0 bridgehead atoms. The van der Waals surface area contributed by atoms with Gasteiger partial charge in [0.25, 0.3) is 0 Å². The Morgan fingerprint density at radius 2 is 2.11 bits per heavy atom. The molecular formula is C7H10N6O3S2. The number of hydrogen-bond donors (Lipinski definition) is 3. The summed E-state index contributed by atoms with van der Waals surface area (Å²) in [6.45, 7) is -0.0839. The summed E-state index contributed by atoms with van der Waals surface area (Å²) in [7, 11) is -3.77. The van der Waals surface area contributed by atoms with Crippen LogP contribution in [0.1, 0.15) is 6.42 Å². The first kappa shape index (κ1) is 12.9. The molecule has 98 valence electrons. The summed E-state index contributed by atoms with van der Waals surface area (Å²) in [5, 5.41) is 4.05. The van der Waals surface area contributed by atoms with Crippen LogP contribution in [0, 0.1) is 4.77 Å². The molecule has 1 aliphatic heterocycles. The van der Waals surface area contributed by atoms with E-state index in [1.165, 1.54) is 0 Å². The van der Waals surface area contributed by atoms with Crippen LogP contribution in [0.4, 0.5) is 11.9 Å². The molecule has 2 rings (SSSR count). The maximum absolute atomic E-state index is 11.7. The number of sulfonamides is 1. The molecule has 1 atom stereocenters. The van der Waals surface area contributed by atoms with Crippen molar-refractivity contribution in [2.24, 2.45) is 5.14 Å². The van der Waals surface area contributed by atoms with Crippen molar-refractivity contribution in [1.29, 1.82) is 0 Å². The third kappa shape index (κ3) is 2.47. The zero-order valence-corrected chi connectivity index (χ0v) is 10.7. The molecule has 1 saturated heterocycles. The molecule has 5 N–H and O–H groups in total. The molecule has 11 heteroatoms. The van der Waals surface area contributed by atoms with Crippen molar-refractivity contribution in [2.45, 2.75) is 11.7 Å². The molecule has 0 aliphatic carbocycles. The molecule has 9 nitrogen and oxygen atoms in total. The Hall–Kier alpha value is -1.59. The van der Waals surface area contributed by atoms with Gasteiger partial charge in [0.1, 0.15) is 5.25 Å². The van der Waals surface area contributed by atoms with Gasteiger partial charge in [0.2, 0.25) is 32.6 Å². The van der Waals surface area contributed by atoms with Gasteiger partial charge in [-0.3, -0.25) is 14.7 Å². The molecule has 0 spiro atoms. The lowest BCUT2D eigenvalue weighted by Gasteiger charge is -2.14. The monoisotopic (exact) mass is 290 g/mol. The largest absolute Gasteiger partial charge is 0.369 e. The van der Waals surface area contributed by atoms with Crippen molar-refractivity contribution in [3.63, 3.8) is 0 Å². The molecule has 1 fully saturated rings. The zero-order valence-electron chi connectivity index (χ0n) is 9.03. The van der Waals surface area contributed by atoms with Crippen LogP contribution in [-0.2, 0) is 14.8 Å². The Kier molecular flexibility index (Phi) is 3.04. The topological polar surface area (TPSA) is 148 Å². The molecule has 1 aromatic rings. The predicted molar refractivity (Wildman–Crippen MR) is 65.5 cm³/mol. The van der Waals surface area contributed by atoms with Gasteiger partial charge in [-0.1, -0.05) is 0 Å². The van der Waals surface area contributed by atoms with Gasteiger partial charge >= 0.3 is 0 Å². The highest BCUT2D eigenvalue weighted by Gasteiger charge is 2.38. The van der Waals surface area contributed by atoms with Gasteiger partial charge < -0.3 is 5.73 Å². The molecule has 0 radical (unpaired) electrons. The highest BCUT2D eigenvalue weighted by molar-refractivity contribution is 7.89. The first-order valence-corrected chi connectivity index (χ1v) is 6.85. The van der Waals surface area contributed by atoms with Gasteiger partial charge in [-0.05, 0) is 12.2 Å². The Balaban J connectivity index is 2.35. The van der Waals surface area contributed by atoms with E-state index in [0.717, 1.165) is 4.90 Å². The van der Waals surface area contributed by atoms with E-state index in [1.54, 1.807) is 0 Å². The maximum Gasteiger partial charge on any atom is 0.230 e. The Morgan fingerprint density at radius 3 is 2.61 bits per heavy atom. The molecule has 0 aromatic carbocycles. The number of primary sulfonamides is 1. The van der Waals surface area contributed by atoms with Crippen LogP contribution in [0.5, 0.6) is 0 Å². The van der Waals surface area contributed by atoms with Gasteiger partial charge in [-0.15, -0.1) is 0 Å². The van der Waals surface area contributed by atoms with Crippen LogP contribution in [0.2, 0.25) is 0 Å². The fraction of sp³-hybridized carbons (Fsp3) is 0.429. The van der Waals surface area contributed by atoms with Crippen LogP contribution in [-0.4, -0.2) is 41.1 Å². The second-order valence-electron chi connectivity index (χ2n) is 3.76. The lowest BCUT2D eigenvalue weighted by molar-refractivity contribution is -0.117. The molecule has 1 unspecified atom stereocenters. The lowest BCUT2D eigenvalue weighted by atomic mass is 10.4. The molecule has 0 saturated carbocycles. The number of H-pyrrole nitrogens is 1. The van der Waals surface area contributed by atoms with E-state index < -0.39 is 21.2 Å². The van der Waals surface area contributed by atoms with Crippen molar-refractivity contribution in [3.05, 3.63) is 4.77 Å². The lowest BCUT2D eigenvalue weighted by Crippen LogP contribution is -2.33. The summed E-state index contributed by atoms with van der Waals surface area (Å²) in [6, 6.07) is 0. The third-order valence-corrected chi connectivity index (χ3v) is 3.89. The number of nitrogens with one attached hydrogen (secondary N) is 1. The number of carbonyl (C=O) groups is 1. The van der Waals surface area contributed by atoms with Gasteiger partial charge in [0.05, 0.1) is 0 Å². The second-order valence-corrected chi connectivity index (χ2v) is 5.97. The van der Waals surface area contributed by atoms with Crippen LogP contribution in [0.15, 0.2) is 0 Å². The number of hydrogen-bond acceptors (Lipinski definition) is 7. The minimum absolute atomic E-state index is 0.00291. The smallest absolute Gasteiger partial charge is 0.230 e. The summed E-state index contributed by atoms with van der Waals surface area (Å²) >= 11 is 4.76. The van der Waals surface area contributed by atoms with Crippen LogP contribution in [0.25, 0.3) is 0 Å². The summed E-state index contributed by atoms with van der Waals surface area (Å²) in [5.74, 6) is -0.349. The number of aromatic amines is 1. The van der Waals surface area contributed by atoms with Crippen molar-refractivity contribution < 1.29 is 13.2 Å². The van der Waals surface area contributed by atoms with Gasteiger partial charge in [-0.2, -0.15) is 9.97 Å². The summed E-state index contributed by atoms with van der Waals surface area (Å²) in [5.41, 5.74) is 5.44. The predicted octanol–water partition coefficient (Wildman–Crippen LogP) is -1.49. The number of aromatic nitrogens is 3. The molecule has 1 amide bonds. The van der Waals surface area contributed by atoms with Crippen molar-refractivity contribution in [2.75, 3.05) is 17.2 Å². The number of rotatable bonds is 2. The molecule has 1 aliphatic rings.